The number of rotatable bonds is 8. The van der Waals surface area contributed by atoms with Crippen molar-refractivity contribution in [1.29, 1.82) is 0 Å². The van der Waals surface area contributed by atoms with E-state index in [0.29, 0.717) is 18.7 Å². The highest BCUT2D eigenvalue weighted by molar-refractivity contribution is 5.90. The fourth-order valence-corrected chi connectivity index (χ4v) is 9.41. The Kier molecular flexibility index (Phi) is 9.11. The number of benzene rings is 2. The van der Waals surface area contributed by atoms with Crippen LogP contribution in [0.3, 0.4) is 0 Å². The van der Waals surface area contributed by atoms with Crippen LogP contribution in [0.1, 0.15) is 108 Å². The van der Waals surface area contributed by atoms with E-state index in [4.69, 9.17) is 14.2 Å². The normalized spacial score (nSPS) is 33.5. The molecule has 4 saturated carbocycles. The van der Waals surface area contributed by atoms with E-state index in [1.807, 2.05) is 69.3 Å². The molecule has 0 radical (unpaired) electrons. The summed E-state index contributed by atoms with van der Waals surface area (Å²) in [6.07, 6.45) is 8.52. The van der Waals surface area contributed by atoms with Gasteiger partial charge in [0, 0.05) is 29.8 Å². The number of nitrogens with one attached hydrogen (secondary N) is 2. The summed E-state index contributed by atoms with van der Waals surface area (Å²) >= 11 is 0. The molecular weight excluding hydrogens is 594 g/mol. The maximum atomic E-state index is 13.3. The van der Waals surface area contributed by atoms with Gasteiger partial charge in [0.2, 0.25) is 0 Å². The number of amides is 2. The Morgan fingerprint density at radius 1 is 0.957 bits per heavy atom. The van der Waals surface area contributed by atoms with Gasteiger partial charge >= 0.3 is 12.0 Å². The summed E-state index contributed by atoms with van der Waals surface area (Å²) in [6, 6.07) is 15.2. The van der Waals surface area contributed by atoms with Gasteiger partial charge in [-0.2, -0.15) is 0 Å². The number of likely N-dealkylation sites (tertiary alicyclic amines) is 1. The molecule has 2 aromatic rings. The molecule has 254 valence electrons. The number of aliphatic hydroxyl groups is 1. The highest BCUT2D eigenvalue weighted by Gasteiger charge is 2.51. The van der Waals surface area contributed by atoms with Gasteiger partial charge in [-0.15, -0.1) is 0 Å². The Morgan fingerprint density at radius 3 is 2.32 bits per heavy atom. The topological polar surface area (TPSA) is 109 Å². The highest BCUT2D eigenvalue weighted by Crippen LogP contribution is 2.55. The molecule has 2 aliphatic heterocycles. The number of hydrogen-bond donors (Lipinski definition) is 3. The van der Waals surface area contributed by atoms with Crippen LogP contribution in [0.25, 0.3) is 0 Å². The molecule has 0 unspecified atom stereocenters. The van der Waals surface area contributed by atoms with Crippen LogP contribution in [-0.4, -0.2) is 58.4 Å². The fourth-order valence-electron chi connectivity index (χ4n) is 9.41. The molecule has 6 fully saturated rings. The van der Waals surface area contributed by atoms with E-state index >= 15 is 0 Å². The molecule has 47 heavy (non-hydrogen) atoms. The molecule has 2 aromatic carbocycles. The van der Waals surface area contributed by atoms with Crippen molar-refractivity contribution in [2.24, 2.45) is 17.8 Å². The Balaban J connectivity index is 1.06. The number of hydrogen-bond acceptors (Lipinski definition) is 7. The number of carbonyl (C=O) groups excluding carboxylic acids is 2. The monoisotopic (exact) mass is 645 g/mol. The van der Waals surface area contributed by atoms with Crippen LogP contribution < -0.4 is 10.6 Å². The van der Waals surface area contributed by atoms with Gasteiger partial charge in [0.25, 0.3) is 0 Å². The lowest BCUT2D eigenvalue weighted by atomic mass is 9.53. The van der Waals surface area contributed by atoms with Crippen LogP contribution in [0, 0.1) is 17.8 Å². The van der Waals surface area contributed by atoms with E-state index < -0.39 is 11.9 Å². The van der Waals surface area contributed by atoms with Crippen LogP contribution in [0.5, 0.6) is 0 Å². The largest absolute Gasteiger partial charge is 0.459 e. The molecule has 2 heterocycles. The quantitative estimate of drug-likeness (QED) is 0.277. The summed E-state index contributed by atoms with van der Waals surface area (Å²) in [7, 11) is 0. The predicted octanol–water partition coefficient (Wildman–Crippen LogP) is 6.62. The maximum Gasteiger partial charge on any atom is 0.323 e. The fraction of sp³-hybridized carbons (Fsp3) is 0.632. The average molecular weight is 646 g/mol. The Bertz CT molecular complexity index is 1400. The zero-order chi connectivity index (χ0) is 32.8. The number of nitrogens with zero attached hydrogens (tertiary/aromatic N) is 1. The molecule has 2 amide bonds. The van der Waals surface area contributed by atoms with Crippen molar-refractivity contribution in [3.05, 3.63) is 65.2 Å². The lowest BCUT2D eigenvalue weighted by Gasteiger charge is -2.56. The van der Waals surface area contributed by atoms with Crippen molar-refractivity contribution in [1.82, 2.24) is 10.2 Å². The number of aliphatic hydroxyl groups excluding tert-OH is 1. The molecule has 9 heteroatoms. The highest BCUT2D eigenvalue weighted by atomic mass is 16.7. The second-order valence-corrected chi connectivity index (χ2v) is 15.9. The minimum Gasteiger partial charge on any atom is -0.459 e. The molecule has 4 bridgehead atoms. The molecule has 9 nitrogen and oxygen atoms in total. The first kappa shape index (κ1) is 32.6. The third kappa shape index (κ3) is 7.53. The minimum absolute atomic E-state index is 0.0165. The van der Waals surface area contributed by atoms with Gasteiger partial charge in [-0.3, -0.25) is 9.69 Å². The van der Waals surface area contributed by atoms with Crippen molar-refractivity contribution in [2.45, 2.75) is 121 Å². The van der Waals surface area contributed by atoms with Gasteiger partial charge in [0.1, 0.15) is 11.6 Å². The van der Waals surface area contributed by atoms with E-state index in [1.54, 1.807) is 0 Å². The smallest absolute Gasteiger partial charge is 0.323 e. The summed E-state index contributed by atoms with van der Waals surface area (Å²) < 4.78 is 19.0. The van der Waals surface area contributed by atoms with Crippen molar-refractivity contribution in [2.75, 3.05) is 18.4 Å². The average Bonchev–Trinajstić information content (AvgIpc) is 3.47. The van der Waals surface area contributed by atoms with E-state index in [-0.39, 0.29) is 42.4 Å². The summed E-state index contributed by atoms with van der Waals surface area (Å²) in [6.45, 7) is 7.08. The van der Waals surface area contributed by atoms with Crippen molar-refractivity contribution < 1.29 is 28.9 Å². The molecule has 4 aliphatic carbocycles. The Hall–Kier alpha value is -2.98. The first-order valence-electron chi connectivity index (χ1n) is 17.7. The van der Waals surface area contributed by atoms with Crippen molar-refractivity contribution in [3.63, 3.8) is 0 Å². The molecule has 6 aliphatic rings. The lowest BCUT2D eigenvalue weighted by molar-refractivity contribution is -0.253. The number of anilines is 1. The molecule has 3 N–H and O–H groups in total. The molecule has 4 atom stereocenters. The zero-order valence-corrected chi connectivity index (χ0v) is 28.1. The van der Waals surface area contributed by atoms with Crippen LogP contribution in [0.15, 0.2) is 48.5 Å². The second-order valence-electron chi connectivity index (χ2n) is 15.9. The number of esters is 1. The Labute approximate surface area is 278 Å². The summed E-state index contributed by atoms with van der Waals surface area (Å²) in [5.41, 5.74) is 2.77. The third-order valence-electron chi connectivity index (χ3n) is 10.9. The first-order valence-corrected chi connectivity index (χ1v) is 17.7. The van der Waals surface area contributed by atoms with Crippen molar-refractivity contribution >= 4 is 17.7 Å². The Morgan fingerprint density at radius 2 is 1.66 bits per heavy atom. The third-order valence-corrected chi connectivity index (χ3v) is 10.9. The minimum atomic E-state index is -0.660. The molecular formula is C38H51N3O6. The van der Waals surface area contributed by atoms with Gasteiger partial charge in [0.15, 0.2) is 6.29 Å². The maximum absolute atomic E-state index is 13.3. The molecule has 2 saturated heterocycles. The van der Waals surface area contributed by atoms with Crippen LogP contribution in [0.4, 0.5) is 10.5 Å². The molecule has 0 spiro atoms. The van der Waals surface area contributed by atoms with Crippen LogP contribution in [0.2, 0.25) is 0 Å². The summed E-state index contributed by atoms with van der Waals surface area (Å²) in [5.74, 6) is 2.09. The number of ether oxygens (including phenoxy) is 3. The SMILES string of the molecule is CC(C)(C)OC(=O)[C@@H]1CCCN1C[C@H]1C[C@@H](c2ccc(CO)cc2)O[C@@H](c2cccc(NC(=O)NC34CC5CC(CC(C5)C3)C4)c2)O1. The second kappa shape index (κ2) is 13.1. The zero-order valence-electron chi connectivity index (χ0n) is 28.1. The van der Waals surface area contributed by atoms with Gasteiger partial charge in [-0.25, -0.2) is 4.79 Å². The number of urea groups is 1. The molecule has 8 rings (SSSR count). The van der Waals surface area contributed by atoms with E-state index in [9.17, 15) is 14.7 Å². The standard InChI is InChI=1S/C38H51N3O6/c1-37(2,3)47-34(43)32-8-5-13-41(32)22-31-18-33(28-11-9-24(23-42)10-12-28)46-35(45-31)29-6-4-7-30(17-29)39-36(44)40-38-19-25-14-26(20-38)16-27(15-25)21-38/h4,6-7,9-12,17,25-27,31-33,35,42H,5,8,13-16,18-23H2,1-3H3,(H2,39,40,44)/t25?,26?,27?,31-,32+,33+,35+,38?/m1/s1. The molecule has 0 aromatic heterocycles. The number of carbonyl (C=O) groups is 2. The van der Waals surface area contributed by atoms with Gasteiger partial charge in [-0.05, 0) is 120 Å². The lowest BCUT2D eigenvalue weighted by Crippen LogP contribution is -2.60. The summed E-state index contributed by atoms with van der Waals surface area (Å²) in [4.78, 5) is 28.6. The first-order chi connectivity index (χ1) is 22.5. The predicted molar refractivity (Wildman–Crippen MR) is 178 cm³/mol. The van der Waals surface area contributed by atoms with Crippen molar-refractivity contribution in [3.8, 4) is 0 Å². The van der Waals surface area contributed by atoms with Gasteiger partial charge in [-0.1, -0.05) is 36.4 Å². The van der Waals surface area contributed by atoms with E-state index in [1.165, 1.54) is 19.3 Å². The van der Waals surface area contributed by atoms with Crippen LogP contribution >= 0.6 is 0 Å². The van der Waals surface area contributed by atoms with Crippen LogP contribution in [-0.2, 0) is 25.6 Å². The van der Waals surface area contributed by atoms with E-state index in [2.05, 4.69) is 15.5 Å². The summed E-state index contributed by atoms with van der Waals surface area (Å²) in [5, 5.41) is 16.1. The van der Waals surface area contributed by atoms with Gasteiger partial charge < -0.3 is 30.0 Å². The van der Waals surface area contributed by atoms with E-state index in [0.717, 1.165) is 73.1 Å². The van der Waals surface area contributed by atoms with Gasteiger partial charge in [0.05, 0.1) is 18.8 Å².